The van der Waals surface area contributed by atoms with E-state index >= 15 is 0 Å². The molecule has 4 fully saturated rings. The van der Waals surface area contributed by atoms with E-state index in [2.05, 4.69) is 110 Å². The van der Waals surface area contributed by atoms with E-state index < -0.39 is 5.67 Å². The first-order valence-corrected chi connectivity index (χ1v) is 15.7. The predicted octanol–water partition coefficient (Wildman–Crippen LogP) is 7.72. The first kappa shape index (κ1) is 35.8. The minimum Gasteiger partial charge on any atom is -0.298 e. The summed E-state index contributed by atoms with van der Waals surface area (Å²) in [6, 6.07) is 0. The van der Waals surface area contributed by atoms with Gasteiger partial charge in [0.15, 0.2) is 0 Å². The van der Waals surface area contributed by atoms with Crippen LogP contribution < -0.4 is 0 Å². The number of rotatable bonds is 0. The van der Waals surface area contributed by atoms with Crippen LogP contribution in [0.15, 0.2) is 0 Å². The number of halogens is 1. The standard InChI is InChI=1S/C9H19N.C8H16FN.2C8H17N/c1-9(2,3)10-7-5-4-6-8-10;1-7(2,3)10-5-8(4,9)6-10;1-7-5-9(6-7)8(2,3)4;1-8(2,3)9-6-4-5-7-9/h4-8H2,1-3H3;5-6H2,1-4H3;7H,5-6H2,1-4H3;4-7H2,1-3H3. The third-order valence-electron chi connectivity index (χ3n) is 8.36. The average molecular weight is 541 g/mol. The van der Waals surface area contributed by atoms with Crippen molar-refractivity contribution in [3.63, 3.8) is 0 Å². The van der Waals surface area contributed by atoms with Crippen LogP contribution in [0.4, 0.5) is 4.39 Å². The molecule has 4 aliphatic rings. The Morgan fingerprint density at radius 3 is 0.947 bits per heavy atom. The summed E-state index contributed by atoms with van der Waals surface area (Å²) in [5, 5.41) is 0. The Kier molecular flexibility index (Phi) is 13.3. The van der Waals surface area contributed by atoms with E-state index in [0.717, 1.165) is 5.92 Å². The maximum absolute atomic E-state index is 12.9. The van der Waals surface area contributed by atoms with Gasteiger partial charge in [-0.05, 0) is 148 Å². The van der Waals surface area contributed by atoms with E-state index in [1.807, 2.05) is 0 Å². The van der Waals surface area contributed by atoms with E-state index in [4.69, 9.17) is 0 Å². The number of hydrogen-bond acceptors (Lipinski definition) is 4. The topological polar surface area (TPSA) is 13.0 Å². The largest absolute Gasteiger partial charge is 0.298 e. The smallest absolute Gasteiger partial charge is 0.133 e. The molecular weight excluding hydrogens is 471 g/mol. The zero-order valence-corrected chi connectivity index (χ0v) is 28.4. The van der Waals surface area contributed by atoms with Crippen molar-refractivity contribution < 1.29 is 4.39 Å². The van der Waals surface area contributed by atoms with Crippen molar-refractivity contribution in [3.05, 3.63) is 0 Å². The van der Waals surface area contributed by atoms with Crippen molar-refractivity contribution in [2.45, 2.75) is 157 Å². The fourth-order valence-corrected chi connectivity index (χ4v) is 5.42. The maximum atomic E-state index is 12.9. The number of piperidine rings is 1. The Labute approximate surface area is 239 Å². The van der Waals surface area contributed by atoms with Gasteiger partial charge in [0.25, 0.3) is 0 Å². The first-order valence-electron chi connectivity index (χ1n) is 15.7. The molecule has 0 aromatic carbocycles. The molecular formula is C33H69FN4. The summed E-state index contributed by atoms with van der Waals surface area (Å²) < 4.78 is 12.9. The maximum Gasteiger partial charge on any atom is 0.133 e. The molecule has 4 aliphatic heterocycles. The van der Waals surface area contributed by atoms with Gasteiger partial charge >= 0.3 is 0 Å². The lowest BCUT2D eigenvalue weighted by Gasteiger charge is -2.49. The Balaban J connectivity index is 0.000000254. The summed E-state index contributed by atoms with van der Waals surface area (Å²) in [4.78, 5) is 9.79. The highest BCUT2D eigenvalue weighted by atomic mass is 19.1. The molecule has 0 spiro atoms. The molecule has 0 amide bonds. The van der Waals surface area contributed by atoms with Crippen LogP contribution in [0.2, 0.25) is 0 Å². The van der Waals surface area contributed by atoms with Gasteiger partial charge in [-0.1, -0.05) is 13.3 Å². The second-order valence-electron chi connectivity index (χ2n) is 16.7. The SMILES string of the molecule is CC(C)(C)N1CCCC1.CC(C)(C)N1CCCCC1.CC1(F)CN(C(C)(C)C)C1.CC1CN(C(C)(C)C)C1. The van der Waals surface area contributed by atoms with Crippen LogP contribution in [0.1, 0.15) is 129 Å². The summed E-state index contributed by atoms with van der Waals surface area (Å²) in [5.41, 5.74) is 0.447. The number of hydrogen-bond donors (Lipinski definition) is 0. The van der Waals surface area contributed by atoms with Gasteiger partial charge in [-0.2, -0.15) is 0 Å². The Bertz CT molecular complexity index is 636. The molecule has 4 nitrogen and oxygen atoms in total. The van der Waals surface area contributed by atoms with E-state index in [9.17, 15) is 4.39 Å². The molecule has 5 heteroatoms. The van der Waals surface area contributed by atoms with Crippen LogP contribution in [-0.4, -0.2) is 99.8 Å². The predicted molar refractivity (Wildman–Crippen MR) is 167 cm³/mol. The Hall–Kier alpha value is -0.230. The Morgan fingerprint density at radius 1 is 0.500 bits per heavy atom. The highest BCUT2D eigenvalue weighted by Gasteiger charge is 2.43. The summed E-state index contributed by atoms with van der Waals surface area (Å²) >= 11 is 0. The molecule has 0 unspecified atom stereocenters. The molecule has 0 aliphatic carbocycles. The number of nitrogens with zero attached hydrogens (tertiary/aromatic N) is 4. The highest BCUT2D eigenvalue weighted by Crippen LogP contribution is 2.30. The van der Waals surface area contributed by atoms with Crippen LogP contribution in [0.3, 0.4) is 0 Å². The third kappa shape index (κ3) is 13.4. The van der Waals surface area contributed by atoms with Crippen LogP contribution in [-0.2, 0) is 0 Å². The minimum atomic E-state index is -0.923. The zero-order valence-electron chi connectivity index (χ0n) is 28.4. The Morgan fingerprint density at radius 2 is 0.789 bits per heavy atom. The van der Waals surface area contributed by atoms with E-state index in [-0.39, 0.29) is 5.54 Å². The lowest BCUT2D eigenvalue weighted by atomic mass is 9.92. The van der Waals surface area contributed by atoms with E-state index in [1.165, 1.54) is 71.4 Å². The van der Waals surface area contributed by atoms with Gasteiger partial charge in [0.1, 0.15) is 5.67 Å². The number of likely N-dealkylation sites (tertiary alicyclic amines) is 4. The minimum absolute atomic E-state index is 0.144. The molecule has 0 aromatic heterocycles. The lowest BCUT2D eigenvalue weighted by Crippen LogP contribution is -2.63. The monoisotopic (exact) mass is 541 g/mol. The zero-order chi connectivity index (χ0) is 29.6. The van der Waals surface area contributed by atoms with Crippen LogP contribution >= 0.6 is 0 Å². The van der Waals surface area contributed by atoms with Gasteiger partial charge in [-0.25, -0.2) is 4.39 Å². The van der Waals surface area contributed by atoms with Crippen LogP contribution in [0.25, 0.3) is 0 Å². The summed E-state index contributed by atoms with van der Waals surface area (Å²) in [6.45, 7) is 39.9. The van der Waals surface area contributed by atoms with Gasteiger partial charge in [0.05, 0.1) is 0 Å². The molecule has 38 heavy (non-hydrogen) atoms. The van der Waals surface area contributed by atoms with E-state index in [1.54, 1.807) is 6.92 Å². The van der Waals surface area contributed by atoms with Gasteiger partial charge in [0, 0.05) is 48.3 Å². The van der Waals surface area contributed by atoms with Gasteiger partial charge in [-0.3, -0.25) is 19.6 Å². The summed E-state index contributed by atoms with van der Waals surface area (Å²) in [7, 11) is 0. The molecule has 0 bridgehead atoms. The highest BCUT2D eigenvalue weighted by molar-refractivity contribution is 4.97. The molecule has 228 valence electrons. The normalized spacial score (nSPS) is 24.1. The fourth-order valence-electron chi connectivity index (χ4n) is 5.42. The second kappa shape index (κ2) is 14.1. The van der Waals surface area contributed by atoms with E-state index in [0.29, 0.717) is 29.7 Å². The van der Waals surface area contributed by atoms with Gasteiger partial charge in [0.2, 0.25) is 0 Å². The van der Waals surface area contributed by atoms with Crippen molar-refractivity contribution in [2.24, 2.45) is 5.92 Å². The van der Waals surface area contributed by atoms with Crippen molar-refractivity contribution in [1.82, 2.24) is 19.6 Å². The molecule has 0 aromatic rings. The molecule has 4 saturated heterocycles. The van der Waals surface area contributed by atoms with Crippen molar-refractivity contribution in [2.75, 3.05) is 52.4 Å². The molecule has 0 saturated carbocycles. The molecule has 0 atom stereocenters. The third-order valence-corrected chi connectivity index (χ3v) is 8.36. The lowest BCUT2D eigenvalue weighted by molar-refractivity contribution is -0.0681. The first-order chi connectivity index (χ1) is 17.0. The fraction of sp³-hybridized carbons (Fsp3) is 1.00. The van der Waals surface area contributed by atoms with Gasteiger partial charge < -0.3 is 0 Å². The quantitative estimate of drug-likeness (QED) is 0.312. The summed E-state index contributed by atoms with van der Waals surface area (Å²) in [5.74, 6) is 0.934. The summed E-state index contributed by atoms with van der Waals surface area (Å²) in [6.07, 6.45) is 7.04. The molecule has 4 rings (SSSR count). The van der Waals surface area contributed by atoms with Crippen LogP contribution in [0.5, 0.6) is 0 Å². The average Bonchev–Trinajstić information content (AvgIpc) is 3.25. The van der Waals surface area contributed by atoms with Crippen LogP contribution in [0, 0.1) is 5.92 Å². The van der Waals surface area contributed by atoms with Crippen molar-refractivity contribution in [1.29, 1.82) is 0 Å². The second-order valence-corrected chi connectivity index (χ2v) is 16.7. The molecule has 0 radical (unpaired) electrons. The van der Waals surface area contributed by atoms with Crippen molar-refractivity contribution in [3.8, 4) is 0 Å². The number of alkyl halides is 1. The van der Waals surface area contributed by atoms with Gasteiger partial charge in [-0.15, -0.1) is 0 Å². The van der Waals surface area contributed by atoms with Crippen molar-refractivity contribution >= 4 is 0 Å². The molecule has 4 heterocycles. The molecule has 0 N–H and O–H groups in total.